The molecule has 0 bridgehead atoms. The summed E-state index contributed by atoms with van der Waals surface area (Å²) in [5, 5.41) is 3.40. The van der Waals surface area contributed by atoms with E-state index in [0.717, 1.165) is 6.54 Å². The molecule has 11 heavy (non-hydrogen) atoms. The van der Waals surface area contributed by atoms with E-state index in [2.05, 4.69) is 44.7 Å². The zero-order chi connectivity index (χ0) is 8.85. The Morgan fingerprint density at radius 2 is 2.00 bits per heavy atom. The first-order chi connectivity index (χ1) is 5.06. The van der Waals surface area contributed by atoms with Crippen LogP contribution in [0.25, 0.3) is 0 Å². The molecule has 0 fully saturated rings. The Morgan fingerprint density at radius 3 is 2.36 bits per heavy atom. The monoisotopic (exact) mass is 156 g/mol. The maximum Gasteiger partial charge on any atom is 0.0222 e. The van der Waals surface area contributed by atoms with Crippen LogP contribution in [0, 0.1) is 0 Å². The predicted octanol–water partition coefficient (Wildman–Crippen LogP) is 1.10. The van der Waals surface area contributed by atoms with Gasteiger partial charge in [-0.05, 0) is 27.9 Å². The van der Waals surface area contributed by atoms with E-state index in [1.54, 1.807) is 0 Å². The molecular weight excluding hydrogens is 136 g/mol. The highest BCUT2D eigenvalue weighted by Crippen LogP contribution is 1.89. The van der Waals surface area contributed by atoms with Gasteiger partial charge in [0.15, 0.2) is 0 Å². The normalized spacial score (nSPS) is 16.5. The summed E-state index contributed by atoms with van der Waals surface area (Å²) in [6.45, 7) is 9.08. The van der Waals surface area contributed by atoms with Crippen molar-refractivity contribution in [1.29, 1.82) is 0 Å². The highest BCUT2D eigenvalue weighted by Gasteiger charge is 2.04. The number of likely N-dealkylation sites (N-methyl/N-ethyl adjacent to an activating group) is 1. The van der Waals surface area contributed by atoms with E-state index in [1.807, 2.05) is 6.08 Å². The number of hydrogen-bond acceptors (Lipinski definition) is 2. The van der Waals surface area contributed by atoms with Crippen molar-refractivity contribution in [2.24, 2.45) is 0 Å². The zero-order valence-corrected chi connectivity index (χ0v) is 8.09. The number of hydrogen-bond donors (Lipinski definition) is 1. The molecule has 0 radical (unpaired) electrons. The van der Waals surface area contributed by atoms with Gasteiger partial charge < -0.3 is 10.2 Å². The summed E-state index contributed by atoms with van der Waals surface area (Å²) in [4.78, 5) is 2.17. The van der Waals surface area contributed by atoms with Crippen molar-refractivity contribution in [2.45, 2.75) is 25.9 Å². The molecule has 0 saturated carbocycles. The van der Waals surface area contributed by atoms with Crippen LogP contribution in [0.4, 0.5) is 0 Å². The van der Waals surface area contributed by atoms with E-state index in [4.69, 9.17) is 0 Å². The van der Waals surface area contributed by atoms with Crippen LogP contribution in [0.3, 0.4) is 0 Å². The fraction of sp³-hybridized carbons (Fsp3) is 0.778. The van der Waals surface area contributed by atoms with Crippen molar-refractivity contribution < 1.29 is 0 Å². The lowest BCUT2D eigenvalue weighted by atomic mass is 10.2. The van der Waals surface area contributed by atoms with Crippen molar-refractivity contribution in [3.05, 3.63) is 12.7 Å². The first-order valence-corrected chi connectivity index (χ1v) is 4.09. The van der Waals surface area contributed by atoms with Crippen LogP contribution in [0.2, 0.25) is 0 Å². The molecular formula is C9H20N2. The third-order valence-corrected chi connectivity index (χ3v) is 1.54. The minimum Gasteiger partial charge on any atom is -0.308 e. The summed E-state index contributed by atoms with van der Waals surface area (Å²) < 4.78 is 0. The molecule has 0 heterocycles. The largest absolute Gasteiger partial charge is 0.308 e. The van der Waals surface area contributed by atoms with Crippen LogP contribution in [-0.2, 0) is 0 Å². The van der Waals surface area contributed by atoms with Gasteiger partial charge in [-0.1, -0.05) is 6.08 Å². The minimum absolute atomic E-state index is 0.407. The summed E-state index contributed by atoms with van der Waals surface area (Å²) >= 11 is 0. The van der Waals surface area contributed by atoms with E-state index < -0.39 is 0 Å². The molecule has 66 valence electrons. The van der Waals surface area contributed by atoms with Gasteiger partial charge in [0.2, 0.25) is 0 Å². The summed E-state index contributed by atoms with van der Waals surface area (Å²) in [5.74, 6) is 0. The molecule has 0 aliphatic rings. The van der Waals surface area contributed by atoms with Crippen molar-refractivity contribution in [2.75, 3.05) is 20.6 Å². The quantitative estimate of drug-likeness (QED) is 0.600. The van der Waals surface area contributed by atoms with Crippen molar-refractivity contribution in [3.63, 3.8) is 0 Å². The smallest absolute Gasteiger partial charge is 0.0222 e. The lowest BCUT2D eigenvalue weighted by Gasteiger charge is -2.20. The number of nitrogens with zero attached hydrogens (tertiary/aromatic N) is 1. The first-order valence-electron chi connectivity index (χ1n) is 4.09. The molecule has 0 aliphatic carbocycles. The van der Waals surface area contributed by atoms with Gasteiger partial charge in [-0.15, -0.1) is 6.58 Å². The second-order valence-corrected chi connectivity index (χ2v) is 3.35. The van der Waals surface area contributed by atoms with Gasteiger partial charge in [0.25, 0.3) is 0 Å². The van der Waals surface area contributed by atoms with Crippen LogP contribution in [0.5, 0.6) is 0 Å². The van der Waals surface area contributed by atoms with Crippen LogP contribution in [0.1, 0.15) is 13.8 Å². The van der Waals surface area contributed by atoms with Gasteiger partial charge in [0.1, 0.15) is 0 Å². The van der Waals surface area contributed by atoms with E-state index in [1.165, 1.54) is 0 Å². The minimum atomic E-state index is 0.407. The summed E-state index contributed by atoms with van der Waals surface area (Å²) in [7, 11) is 4.16. The summed E-state index contributed by atoms with van der Waals surface area (Å²) in [6.07, 6.45) is 1.92. The fourth-order valence-electron chi connectivity index (χ4n) is 1.12. The Labute approximate surface area is 70.3 Å². The van der Waals surface area contributed by atoms with E-state index in [9.17, 15) is 0 Å². The maximum atomic E-state index is 3.72. The molecule has 0 rings (SSSR count). The van der Waals surface area contributed by atoms with Crippen molar-refractivity contribution in [1.82, 2.24) is 10.2 Å². The Bertz CT molecular complexity index is 110. The predicted molar refractivity (Wildman–Crippen MR) is 50.8 cm³/mol. The Kier molecular flexibility index (Phi) is 5.16. The zero-order valence-electron chi connectivity index (χ0n) is 8.09. The van der Waals surface area contributed by atoms with Gasteiger partial charge in [-0.2, -0.15) is 0 Å². The summed E-state index contributed by atoms with van der Waals surface area (Å²) in [5.41, 5.74) is 0. The Balaban J connectivity index is 3.51. The third-order valence-electron chi connectivity index (χ3n) is 1.54. The Hall–Kier alpha value is -0.340. The first kappa shape index (κ1) is 10.7. The lowest BCUT2D eigenvalue weighted by Crippen LogP contribution is -2.39. The van der Waals surface area contributed by atoms with Gasteiger partial charge in [-0.25, -0.2) is 0 Å². The molecule has 0 spiro atoms. The highest BCUT2D eigenvalue weighted by atomic mass is 15.1. The lowest BCUT2D eigenvalue weighted by molar-refractivity contribution is 0.343. The standard InChI is InChI=1S/C9H20N2/c1-6-8(2)10-9(3)7-11(4)5/h6,8-10H,1,7H2,2-5H3. The molecule has 0 aliphatic heterocycles. The SMILES string of the molecule is C=CC(C)NC(C)CN(C)C. The van der Waals surface area contributed by atoms with Crippen LogP contribution < -0.4 is 5.32 Å². The molecule has 0 amide bonds. The van der Waals surface area contributed by atoms with Gasteiger partial charge in [0.05, 0.1) is 0 Å². The highest BCUT2D eigenvalue weighted by molar-refractivity contribution is 4.83. The molecule has 2 heteroatoms. The van der Waals surface area contributed by atoms with Crippen molar-refractivity contribution in [3.8, 4) is 0 Å². The van der Waals surface area contributed by atoms with Crippen LogP contribution in [0.15, 0.2) is 12.7 Å². The third kappa shape index (κ3) is 6.07. The van der Waals surface area contributed by atoms with Gasteiger partial charge >= 0.3 is 0 Å². The molecule has 2 atom stereocenters. The molecule has 2 unspecified atom stereocenters. The molecule has 1 N–H and O–H groups in total. The molecule has 0 aromatic heterocycles. The molecule has 0 aromatic rings. The topological polar surface area (TPSA) is 15.3 Å². The second kappa shape index (κ2) is 5.33. The van der Waals surface area contributed by atoms with Gasteiger partial charge in [0, 0.05) is 18.6 Å². The van der Waals surface area contributed by atoms with Crippen LogP contribution in [-0.4, -0.2) is 37.6 Å². The Morgan fingerprint density at radius 1 is 1.45 bits per heavy atom. The average molecular weight is 156 g/mol. The number of nitrogens with one attached hydrogen (secondary N) is 1. The number of rotatable bonds is 5. The molecule has 2 nitrogen and oxygen atoms in total. The van der Waals surface area contributed by atoms with E-state index in [0.29, 0.717) is 12.1 Å². The van der Waals surface area contributed by atoms with Gasteiger partial charge in [-0.3, -0.25) is 0 Å². The fourth-order valence-corrected chi connectivity index (χ4v) is 1.12. The molecule has 0 aromatic carbocycles. The summed E-state index contributed by atoms with van der Waals surface area (Å²) in [6, 6.07) is 0.933. The van der Waals surface area contributed by atoms with Crippen molar-refractivity contribution >= 4 is 0 Å². The average Bonchev–Trinajstić information content (AvgIpc) is 1.85. The molecule has 0 saturated heterocycles. The second-order valence-electron chi connectivity index (χ2n) is 3.35. The van der Waals surface area contributed by atoms with E-state index >= 15 is 0 Å². The van der Waals surface area contributed by atoms with E-state index in [-0.39, 0.29) is 0 Å². The van der Waals surface area contributed by atoms with Crippen LogP contribution >= 0.6 is 0 Å². The maximum absolute atomic E-state index is 3.72.